The molecule has 1 rings (SSSR count). The average molecular weight is 255 g/mol. The van der Waals surface area contributed by atoms with Crippen molar-refractivity contribution in [2.45, 2.75) is 32.4 Å². The van der Waals surface area contributed by atoms with Crippen LogP contribution in [0.25, 0.3) is 0 Å². The molecule has 0 atom stereocenters. The molecule has 0 saturated carbocycles. The summed E-state index contributed by atoms with van der Waals surface area (Å²) in [7, 11) is 3.46. The Bertz CT molecular complexity index is 302. The first kappa shape index (κ1) is 15.1. The van der Waals surface area contributed by atoms with Gasteiger partial charge in [-0.15, -0.1) is 0 Å². The van der Waals surface area contributed by atoms with E-state index in [1.165, 1.54) is 18.5 Å². The van der Waals surface area contributed by atoms with Gasteiger partial charge in [0.2, 0.25) is 0 Å². The van der Waals surface area contributed by atoms with E-state index < -0.39 is 0 Å². The maximum absolute atomic E-state index is 5.04. The molecule has 0 unspecified atom stereocenters. The lowest BCUT2D eigenvalue weighted by atomic mass is 10.2. The molecule has 1 aromatic heterocycles. The Morgan fingerprint density at radius 2 is 2.00 bits per heavy atom. The molecule has 1 heterocycles. The molecule has 104 valence electrons. The first-order valence-electron chi connectivity index (χ1n) is 6.56. The van der Waals surface area contributed by atoms with Crippen molar-refractivity contribution in [1.29, 1.82) is 0 Å². The summed E-state index contributed by atoms with van der Waals surface area (Å²) in [4.78, 5) is 4.20. The summed E-state index contributed by atoms with van der Waals surface area (Å²) >= 11 is 0. The number of ether oxygens (including phenoxy) is 2. The minimum absolute atomic E-state index is 0.741. The van der Waals surface area contributed by atoms with E-state index in [-0.39, 0.29) is 0 Å². The number of aromatic nitrogens is 2. The third-order valence-electron chi connectivity index (χ3n) is 2.84. The van der Waals surface area contributed by atoms with E-state index in [9.17, 15) is 0 Å². The number of imidazole rings is 1. The summed E-state index contributed by atoms with van der Waals surface area (Å²) in [5, 5.41) is 3.33. The molecular formula is C13H25N3O2. The molecule has 1 aromatic rings. The van der Waals surface area contributed by atoms with Crippen molar-refractivity contribution >= 4 is 0 Å². The van der Waals surface area contributed by atoms with Gasteiger partial charge in [0.25, 0.3) is 0 Å². The molecule has 0 aromatic carbocycles. The average Bonchev–Trinajstić information content (AvgIpc) is 2.82. The van der Waals surface area contributed by atoms with Gasteiger partial charge in [-0.25, -0.2) is 4.98 Å². The molecule has 1 N–H and O–H groups in total. The van der Waals surface area contributed by atoms with E-state index in [0.717, 1.165) is 39.3 Å². The molecule has 0 aliphatic carbocycles. The molecule has 0 bridgehead atoms. The molecule has 0 amide bonds. The van der Waals surface area contributed by atoms with E-state index in [1.807, 2.05) is 12.5 Å². The quantitative estimate of drug-likeness (QED) is 0.608. The van der Waals surface area contributed by atoms with E-state index in [1.54, 1.807) is 14.2 Å². The molecule has 0 saturated heterocycles. The van der Waals surface area contributed by atoms with Gasteiger partial charge < -0.3 is 19.4 Å². The van der Waals surface area contributed by atoms with Crippen molar-refractivity contribution < 1.29 is 9.47 Å². The highest BCUT2D eigenvalue weighted by molar-refractivity contribution is 4.97. The summed E-state index contributed by atoms with van der Waals surface area (Å²) in [6.07, 6.45) is 7.33. The highest BCUT2D eigenvalue weighted by Gasteiger charge is 2.01. The predicted octanol–water partition coefficient (Wildman–Crippen LogP) is 1.44. The molecule has 0 fully saturated rings. The topological polar surface area (TPSA) is 48.3 Å². The Morgan fingerprint density at radius 3 is 2.78 bits per heavy atom. The van der Waals surface area contributed by atoms with Crippen LogP contribution in [0, 0.1) is 0 Å². The first-order chi connectivity index (χ1) is 8.88. The Kier molecular flexibility index (Phi) is 8.46. The number of hydrogen-bond donors (Lipinski definition) is 1. The van der Waals surface area contributed by atoms with Gasteiger partial charge in [-0.3, -0.25) is 0 Å². The van der Waals surface area contributed by atoms with Crippen LogP contribution in [0.2, 0.25) is 0 Å². The van der Waals surface area contributed by atoms with Crippen molar-refractivity contribution in [1.82, 2.24) is 14.9 Å². The van der Waals surface area contributed by atoms with Crippen LogP contribution < -0.4 is 5.32 Å². The van der Waals surface area contributed by atoms with Gasteiger partial charge in [0.1, 0.15) is 0 Å². The van der Waals surface area contributed by atoms with E-state index in [2.05, 4.69) is 14.9 Å². The number of methoxy groups -OCH3 is 2. The highest BCUT2D eigenvalue weighted by Crippen LogP contribution is 2.04. The van der Waals surface area contributed by atoms with Gasteiger partial charge >= 0.3 is 0 Å². The molecule has 0 spiro atoms. The molecule has 18 heavy (non-hydrogen) atoms. The predicted molar refractivity (Wildman–Crippen MR) is 71.5 cm³/mol. The summed E-state index contributed by atoms with van der Waals surface area (Å²) in [6, 6.07) is 0. The summed E-state index contributed by atoms with van der Waals surface area (Å²) in [5.41, 5.74) is 1.23. The number of aryl methyl sites for hydroxylation is 1. The number of unbranched alkanes of at least 4 members (excludes halogenated alkanes) is 2. The fourth-order valence-electron chi connectivity index (χ4n) is 1.79. The number of hydrogen-bond acceptors (Lipinski definition) is 4. The van der Waals surface area contributed by atoms with Gasteiger partial charge in [0, 0.05) is 46.7 Å². The Balaban J connectivity index is 2.18. The fraction of sp³-hybridized carbons (Fsp3) is 0.769. The zero-order chi connectivity index (χ0) is 13.1. The summed E-state index contributed by atoms with van der Waals surface area (Å²) in [5.74, 6) is 0. The number of nitrogens with one attached hydrogen (secondary N) is 1. The SMILES string of the molecule is COCCCCCn1cncc1CNCCOC. The second-order valence-electron chi connectivity index (χ2n) is 4.30. The van der Waals surface area contributed by atoms with Gasteiger partial charge in [-0.2, -0.15) is 0 Å². The Labute approximate surface area is 109 Å². The minimum atomic E-state index is 0.741. The maximum atomic E-state index is 5.04. The van der Waals surface area contributed by atoms with E-state index >= 15 is 0 Å². The maximum Gasteiger partial charge on any atom is 0.0948 e. The van der Waals surface area contributed by atoms with Gasteiger partial charge in [-0.05, 0) is 19.3 Å². The van der Waals surface area contributed by atoms with Crippen LogP contribution in [0.3, 0.4) is 0 Å². The van der Waals surface area contributed by atoms with Gasteiger partial charge in [-0.1, -0.05) is 0 Å². The molecule has 5 nitrogen and oxygen atoms in total. The van der Waals surface area contributed by atoms with Crippen molar-refractivity contribution in [2.24, 2.45) is 0 Å². The minimum Gasteiger partial charge on any atom is -0.385 e. The van der Waals surface area contributed by atoms with Crippen LogP contribution in [-0.4, -0.2) is 43.5 Å². The lowest BCUT2D eigenvalue weighted by Gasteiger charge is -2.09. The first-order valence-corrected chi connectivity index (χ1v) is 6.56. The Hall–Kier alpha value is -0.910. The van der Waals surface area contributed by atoms with Gasteiger partial charge in [0.05, 0.1) is 18.6 Å². The van der Waals surface area contributed by atoms with E-state index in [0.29, 0.717) is 0 Å². The summed E-state index contributed by atoms with van der Waals surface area (Å²) in [6.45, 7) is 4.35. The highest BCUT2D eigenvalue weighted by atomic mass is 16.5. The Morgan fingerprint density at radius 1 is 1.17 bits per heavy atom. The summed E-state index contributed by atoms with van der Waals surface area (Å²) < 4.78 is 12.2. The third kappa shape index (κ3) is 6.14. The van der Waals surface area contributed by atoms with Crippen molar-refractivity contribution in [3.8, 4) is 0 Å². The molecule has 0 aliphatic rings. The molecular weight excluding hydrogens is 230 g/mol. The lowest BCUT2D eigenvalue weighted by molar-refractivity contribution is 0.191. The molecule has 0 aliphatic heterocycles. The smallest absolute Gasteiger partial charge is 0.0948 e. The normalized spacial score (nSPS) is 11.0. The van der Waals surface area contributed by atoms with Crippen LogP contribution in [0.5, 0.6) is 0 Å². The van der Waals surface area contributed by atoms with Crippen LogP contribution in [-0.2, 0) is 22.6 Å². The van der Waals surface area contributed by atoms with Gasteiger partial charge in [0.15, 0.2) is 0 Å². The second-order valence-corrected chi connectivity index (χ2v) is 4.30. The molecule has 0 radical (unpaired) electrons. The van der Waals surface area contributed by atoms with Crippen LogP contribution in [0.4, 0.5) is 0 Å². The van der Waals surface area contributed by atoms with Crippen LogP contribution >= 0.6 is 0 Å². The van der Waals surface area contributed by atoms with Crippen LogP contribution in [0.15, 0.2) is 12.5 Å². The van der Waals surface area contributed by atoms with Crippen molar-refractivity contribution in [3.63, 3.8) is 0 Å². The van der Waals surface area contributed by atoms with Crippen molar-refractivity contribution in [2.75, 3.05) is 34.0 Å². The number of nitrogens with zero attached hydrogens (tertiary/aromatic N) is 2. The zero-order valence-electron chi connectivity index (χ0n) is 11.5. The lowest BCUT2D eigenvalue weighted by Crippen LogP contribution is -2.20. The van der Waals surface area contributed by atoms with Crippen molar-refractivity contribution in [3.05, 3.63) is 18.2 Å². The fourth-order valence-corrected chi connectivity index (χ4v) is 1.79. The monoisotopic (exact) mass is 255 g/mol. The third-order valence-corrected chi connectivity index (χ3v) is 2.84. The standard InChI is InChI=1S/C13H25N3O2/c1-17-8-5-3-4-7-16-12-15-11-13(16)10-14-6-9-18-2/h11-12,14H,3-10H2,1-2H3. The number of rotatable bonds is 11. The largest absolute Gasteiger partial charge is 0.385 e. The zero-order valence-corrected chi connectivity index (χ0v) is 11.5. The van der Waals surface area contributed by atoms with Crippen LogP contribution in [0.1, 0.15) is 25.0 Å². The van der Waals surface area contributed by atoms with E-state index in [4.69, 9.17) is 9.47 Å². The molecule has 5 heteroatoms. The second kappa shape index (κ2) is 10.1.